The van der Waals surface area contributed by atoms with Crippen LogP contribution in [0.15, 0.2) is 36.5 Å². The molecule has 0 aromatic rings. The number of allylic oxidation sites excluding steroid dienone is 6. The molecule has 0 aromatic heterocycles. The van der Waals surface area contributed by atoms with Crippen LogP contribution in [0.3, 0.4) is 0 Å². The number of aliphatic carboxylic acids is 1. The van der Waals surface area contributed by atoms with Gasteiger partial charge in [-0.05, 0) is 25.7 Å². The van der Waals surface area contributed by atoms with Crippen molar-refractivity contribution in [2.75, 3.05) is 0 Å². The van der Waals surface area contributed by atoms with Crippen LogP contribution in [-0.4, -0.2) is 124 Å². The first-order chi connectivity index (χ1) is 9.77. The van der Waals surface area contributed by atoms with Crippen molar-refractivity contribution in [2.24, 2.45) is 0 Å². The second-order valence-electron chi connectivity index (χ2n) is 5.08. The van der Waals surface area contributed by atoms with E-state index in [1.165, 1.54) is 32.1 Å². The van der Waals surface area contributed by atoms with Gasteiger partial charge >= 0.3 is 119 Å². The summed E-state index contributed by atoms with van der Waals surface area (Å²) in [6, 6.07) is 0. The van der Waals surface area contributed by atoms with Crippen LogP contribution in [0.25, 0.3) is 0 Å². The summed E-state index contributed by atoms with van der Waals surface area (Å²) in [4.78, 5) is 10.3. The van der Waals surface area contributed by atoms with E-state index in [0.29, 0.717) is 6.42 Å². The fourth-order valence-electron chi connectivity index (χ4n) is 1.87. The van der Waals surface area contributed by atoms with Crippen LogP contribution in [-0.2, 0) is 4.79 Å². The SMILES string of the molecule is CCCCC=CC=CC=CCCCCCCCC(=O)O.[CaH2].[CaH2].[CaH2]. The van der Waals surface area contributed by atoms with Gasteiger partial charge in [-0.2, -0.15) is 0 Å². The van der Waals surface area contributed by atoms with Crippen LogP contribution in [0.2, 0.25) is 0 Å². The second-order valence-corrected chi connectivity index (χ2v) is 5.08. The number of hydrogen-bond donors (Lipinski definition) is 1. The molecule has 0 aliphatic carbocycles. The third-order valence-electron chi connectivity index (χ3n) is 3.09. The van der Waals surface area contributed by atoms with Crippen LogP contribution >= 0.6 is 0 Å². The Hall–Kier alpha value is 2.47. The number of carboxylic acid groups (broad SMARTS) is 1. The van der Waals surface area contributed by atoms with E-state index >= 15 is 0 Å². The molecule has 0 radical (unpaired) electrons. The normalized spacial score (nSPS) is 10.5. The standard InChI is InChI=1S/C18H30O2.3Ca.6H/c1-2-3-4-5-6-7-8-9-10-11-12-13-14-15-16-17-18(19)20;;;;;;;;;/h5-10H,2-4,11-17H2,1H3,(H,19,20);;;;;;;;;. The number of unbranched alkanes of at least 4 members (excludes halogenated alkanes) is 7. The van der Waals surface area contributed by atoms with Gasteiger partial charge in [-0.15, -0.1) is 0 Å². The minimum atomic E-state index is -0.677. The molecule has 0 aromatic carbocycles. The minimum absolute atomic E-state index is 0. The van der Waals surface area contributed by atoms with Crippen molar-refractivity contribution in [2.45, 2.75) is 71.1 Å². The predicted octanol–water partition coefficient (Wildman–Crippen LogP) is 2.91. The number of hydrogen-bond acceptors (Lipinski definition) is 1. The van der Waals surface area contributed by atoms with E-state index in [2.05, 4.69) is 43.4 Å². The summed E-state index contributed by atoms with van der Waals surface area (Å²) in [7, 11) is 0. The number of carbonyl (C=O) groups is 1. The zero-order valence-electron chi connectivity index (χ0n) is 12.9. The molecule has 0 heterocycles. The van der Waals surface area contributed by atoms with E-state index in [4.69, 9.17) is 5.11 Å². The van der Waals surface area contributed by atoms with E-state index in [0.717, 1.165) is 25.7 Å². The summed E-state index contributed by atoms with van der Waals surface area (Å²) < 4.78 is 0. The number of rotatable bonds is 13. The molecule has 126 valence electrons. The zero-order chi connectivity index (χ0) is 14.9. The summed E-state index contributed by atoms with van der Waals surface area (Å²) in [6.07, 6.45) is 23.3. The van der Waals surface area contributed by atoms with Crippen molar-refractivity contribution in [1.82, 2.24) is 0 Å². The van der Waals surface area contributed by atoms with Gasteiger partial charge < -0.3 is 5.11 Å². The fourth-order valence-corrected chi connectivity index (χ4v) is 1.87. The molecule has 5 heteroatoms. The Kier molecular flexibility index (Phi) is 42.1. The maximum absolute atomic E-state index is 10.3. The first kappa shape index (κ1) is 33.1. The van der Waals surface area contributed by atoms with E-state index in [-0.39, 0.29) is 113 Å². The molecule has 0 saturated heterocycles. The van der Waals surface area contributed by atoms with Gasteiger partial charge in [-0.3, -0.25) is 4.79 Å². The Morgan fingerprint density at radius 1 is 0.739 bits per heavy atom. The Balaban J connectivity index is -0.000000602. The van der Waals surface area contributed by atoms with Crippen molar-refractivity contribution in [3.63, 3.8) is 0 Å². The molecule has 2 nitrogen and oxygen atoms in total. The van der Waals surface area contributed by atoms with E-state index in [1.807, 2.05) is 0 Å². The molecule has 0 rings (SSSR count). The Bertz CT molecular complexity index is 313. The first-order valence-corrected chi connectivity index (χ1v) is 7.97. The molecule has 0 atom stereocenters. The molecule has 0 amide bonds. The van der Waals surface area contributed by atoms with Crippen molar-refractivity contribution >= 4 is 119 Å². The van der Waals surface area contributed by atoms with Crippen molar-refractivity contribution in [3.8, 4) is 0 Å². The maximum atomic E-state index is 10.3. The fraction of sp³-hybridized carbons (Fsp3) is 0.611. The Morgan fingerprint density at radius 3 is 1.74 bits per heavy atom. The second kappa shape index (κ2) is 29.2. The molecular weight excluding hydrogens is 368 g/mol. The third-order valence-corrected chi connectivity index (χ3v) is 3.09. The summed E-state index contributed by atoms with van der Waals surface area (Å²) >= 11 is 0. The van der Waals surface area contributed by atoms with Gasteiger partial charge in [0.2, 0.25) is 0 Å². The zero-order valence-corrected chi connectivity index (χ0v) is 12.9. The van der Waals surface area contributed by atoms with Gasteiger partial charge in [0.25, 0.3) is 0 Å². The van der Waals surface area contributed by atoms with Gasteiger partial charge in [-0.25, -0.2) is 0 Å². The Labute approximate surface area is 232 Å². The summed E-state index contributed by atoms with van der Waals surface area (Å²) in [5.74, 6) is -0.677. The number of carboxylic acids is 1. The molecule has 1 N–H and O–H groups in total. The molecule has 0 unspecified atom stereocenters. The quantitative estimate of drug-likeness (QED) is 0.291. The first-order valence-electron chi connectivity index (χ1n) is 7.97. The third kappa shape index (κ3) is 32.6. The van der Waals surface area contributed by atoms with Crippen molar-refractivity contribution < 1.29 is 9.90 Å². The van der Waals surface area contributed by atoms with Gasteiger partial charge in [-0.1, -0.05) is 75.5 Å². The van der Waals surface area contributed by atoms with Crippen molar-refractivity contribution in [1.29, 1.82) is 0 Å². The Morgan fingerprint density at radius 2 is 1.22 bits per heavy atom. The van der Waals surface area contributed by atoms with Crippen LogP contribution in [0.1, 0.15) is 71.1 Å². The molecular formula is C18H36Ca3O2. The molecule has 0 aliphatic rings. The van der Waals surface area contributed by atoms with Crippen LogP contribution < -0.4 is 0 Å². The van der Waals surface area contributed by atoms with Crippen LogP contribution in [0.5, 0.6) is 0 Å². The van der Waals surface area contributed by atoms with Gasteiger partial charge in [0.15, 0.2) is 0 Å². The monoisotopic (exact) mass is 404 g/mol. The summed E-state index contributed by atoms with van der Waals surface area (Å²) in [5, 5.41) is 8.50. The summed E-state index contributed by atoms with van der Waals surface area (Å²) in [5.41, 5.74) is 0. The van der Waals surface area contributed by atoms with E-state index in [1.54, 1.807) is 0 Å². The average Bonchev–Trinajstić information content (AvgIpc) is 2.43. The van der Waals surface area contributed by atoms with E-state index in [9.17, 15) is 4.79 Å². The molecule has 0 saturated carbocycles. The molecule has 0 fully saturated rings. The van der Waals surface area contributed by atoms with Gasteiger partial charge in [0, 0.05) is 6.42 Å². The van der Waals surface area contributed by atoms with Gasteiger partial charge in [0.1, 0.15) is 0 Å². The van der Waals surface area contributed by atoms with Gasteiger partial charge in [0.05, 0.1) is 0 Å². The van der Waals surface area contributed by atoms with Crippen LogP contribution in [0.4, 0.5) is 0 Å². The molecule has 0 aliphatic heterocycles. The van der Waals surface area contributed by atoms with E-state index < -0.39 is 5.97 Å². The van der Waals surface area contributed by atoms with Crippen molar-refractivity contribution in [3.05, 3.63) is 36.5 Å². The van der Waals surface area contributed by atoms with Crippen LogP contribution in [0, 0.1) is 0 Å². The summed E-state index contributed by atoms with van der Waals surface area (Å²) in [6.45, 7) is 2.21. The molecule has 0 spiro atoms. The average molecular weight is 405 g/mol. The predicted molar refractivity (Wildman–Crippen MR) is 113 cm³/mol. The molecule has 0 bridgehead atoms. The molecule has 23 heavy (non-hydrogen) atoms. The topological polar surface area (TPSA) is 37.3 Å².